The monoisotopic (exact) mass is 417 g/mol. The van der Waals surface area contributed by atoms with Gasteiger partial charge in [0.15, 0.2) is 5.78 Å². The standard InChI is InChI=1S/C25H23NO5/c1-29-25(28)22-8-3-2-7-21(22)24-12-10-20(31-24)9-11-23(27)18-5-4-6-19(17-18)26-13-15-30-16-14-26/h2-12,17H,13-16H2,1H3. The summed E-state index contributed by atoms with van der Waals surface area (Å²) in [4.78, 5) is 26.9. The van der Waals surface area contributed by atoms with Crippen molar-refractivity contribution in [3.63, 3.8) is 0 Å². The van der Waals surface area contributed by atoms with Gasteiger partial charge in [-0.25, -0.2) is 4.79 Å². The van der Waals surface area contributed by atoms with Crippen molar-refractivity contribution < 1.29 is 23.5 Å². The van der Waals surface area contributed by atoms with E-state index >= 15 is 0 Å². The third kappa shape index (κ3) is 4.75. The number of ether oxygens (including phenoxy) is 2. The highest BCUT2D eigenvalue weighted by atomic mass is 16.5. The number of anilines is 1. The van der Waals surface area contributed by atoms with Crippen molar-refractivity contribution in [3.8, 4) is 11.3 Å². The maximum atomic E-state index is 12.7. The second-order valence-electron chi connectivity index (χ2n) is 7.09. The number of hydrogen-bond acceptors (Lipinski definition) is 6. The highest BCUT2D eigenvalue weighted by Crippen LogP contribution is 2.27. The molecule has 4 rings (SSSR count). The van der Waals surface area contributed by atoms with Crippen LogP contribution in [0.25, 0.3) is 17.4 Å². The quantitative estimate of drug-likeness (QED) is 0.335. The van der Waals surface area contributed by atoms with E-state index in [0.29, 0.717) is 41.4 Å². The van der Waals surface area contributed by atoms with Gasteiger partial charge in [-0.3, -0.25) is 4.79 Å². The molecule has 1 aliphatic rings. The van der Waals surface area contributed by atoms with Crippen molar-refractivity contribution in [2.24, 2.45) is 0 Å². The summed E-state index contributed by atoms with van der Waals surface area (Å²) >= 11 is 0. The topological polar surface area (TPSA) is 69.0 Å². The first kappa shape index (κ1) is 20.6. The summed E-state index contributed by atoms with van der Waals surface area (Å²) in [6, 6.07) is 18.2. The smallest absolute Gasteiger partial charge is 0.338 e. The summed E-state index contributed by atoms with van der Waals surface area (Å²) in [7, 11) is 1.34. The number of rotatable bonds is 6. The Bertz CT molecular complexity index is 1110. The molecule has 2 aromatic carbocycles. The summed E-state index contributed by atoms with van der Waals surface area (Å²) < 4.78 is 16.1. The number of carbonyl (C=O) groups excluding carboxylic acids is 2. The van der Waals surface area contributed by atoms with Crippen LogP contribution in [0.5, 0.6) is 0 Å². The molecule has 0 unspecified atom stereocenters. The number of esters is 1. The zero-order valence-corrected chi connectivity index (χ0v) is 17.2. The largest absolute Gasteiger partial charge is 0.465 e. The fourth-order valence-electron chi connectivity index (χ4n) is 3.50. The van der Waals surface area contributed by atoms with Crippen LogP contribution in [-0.4, -0.2) is 45.2 Å². The van der Waals surface area contributed by atoms with Gasteiger partial charge in [-0.15, -0.1) is 0 Å². The van der Waals surface area contributed by atoms with E-state index in [1.54, 1.807) is 42.5 Å². The average molecular weight is 417 g/mol. The lowest BCUT2D eigenvalue weighted by Crippen LogP contribution is -2.36. The van der Waals surface area contributed by atoms with Gasteiger partial charge >= 0.3 is 5.97 Å². The van der Waals surface area contributed by atoms with E-state index in [9.17, 15) is 9.59 Å². The molecule has 0 amide bonds. The molecule has 1 aliphatic heterocycles. The third-order valence-corrected chi connectivity index (χ3v) is 5.13. The summed E-state index contributed by atoms with van der Waals surface area (Å²) in [6.07, 6.45) is 3.13. The van der Waals surface area contributed by atoms with E-state index in [1.807, 2.05) is 24.3 Å². The van der Waals surface area contributed by atoms with E-state index in [4.69, 9.17) is 13.9 Å². The van der Waals surface area contributed by atoms with Crippen molar-refractivity contribution in [2.75, 3.05) is 38.3 Å². The van der Waals surface area contributed by atoms with Gasteiger partial charge in [0.25, 0.3) is 0 Å². The minimum Gasteiger partial charge on any atom is -0.465 e. The minimum atomic E-state index is -0.431. The van der Waals surface area contributed by atoms with Crippen LogP contribution in [0, 0.1) is 0 Å². The van der Waals surface area contributed by atoms with E-state index < -0.39 is 5.97 Å². The Hall–Kier alpha value is -3.64. The molecule has 0 aliphatic carbocycles. The Labute approximate surface area is 180 Å². The normalized spacial score (nSPS) is 14.0. The van der Waals surface area contributed by atoms with Gasteiger partial charge in [0, 0.05) is 29.9 Å². The highest BCUT2D eigenvalue weighted by Gasteiger charge is 2.15. The zero-order chi connectivity index (χ0) is 21.6. The van der Waals surface area contributed by atoms with Gasteiger partial charge in [0.05, 0.1) is 25.9 Å². The maximum Gasteiger partial charge on any atom is 0.338 e. The lowest BCUT2D eigenvalue weighted by Gasteiger charge is -2.29. The first-order valence-corrected chi connectivity index (χ1v) is 10.1. The predicted octanol–water partition coefficient (Wildman–Crippen LogP) is 4.47. The molecule has 2 heterocycles. The molecule has 31 heavy (non-hydrogen) atoms. The number of methoxy groups -OCH3 is 1. The second kappa shape index (κ2) is 9.45. The Morgan fingerprint density at radius 3 is 2.61 bits per heavy atom. The van der Waals surface area contributed by atoms with Gasteiger partial charge in [0.1, 0.15) is 11.5 Å². The fourth-order valence-corrected chi connectivity index (χ4v) is 3.50. The molecule has 158 valence electrons. The van der Waals surface area contributed by atoms with Crippen LogP contribution in [0.2, 0.25) is 0 Å². The average Bonchev–Trinajstić information content (AvgIpc) is 3.31. The van der Waals surface area contributed by atoms with Crippen LogP contribution in [0.3, 0.4) is 0 Å². The molecule has 6 heteroatoms. The van der Waals surface area contributed by atoms with Crippen LogP contribution in [0.15, 0.2) is 71.2 Å². The molecule has 3 aromatic rings. The molecule has 1 fully saturated rings. The molecule has 0 bridgehead atoms. The maximum absolute atomic E-state index is 12.7. The van der Waals surface area contributed by atoms with E-state index in [1.165, 1.54) is 13.2 Å². The van der Waals surface area contributed by atoms with Gasteiger partial charge in [0.2, 0.25) is 0 Å². The first-order valence-electron chi connectivity index (χ1n) is 10.1. The highest BCUT2D eigenvalue weighted by molar-refractivity contribution is 6.07. The van der Waals surface area contributed by atoms with Crippen LogP contribution in [0.4, 0.5) is 5.69 Å². The Balaban J connectivity index is 1.50. The number of nitrogens with zero attached hydrogens (tertiary/aromatic N) is 1. The predicted molar refractivity (Wildman–Crippen MR) is 118 cm³/mol. The van der Waals surface area contributed by atoms with E-state index in [0.717, 1.165) is 18.8 Å². The molecule has 0 radical (unpaired) electrons. The molecular weight excluding hydrogens is 394 g/mol. The summed E-state index contributed by atoms with van der Waals surface area (Å²) in [6.45, 7) is 3.02. The Morgan fingerprint density at radius 2 is 1.81 bits per heavy atom. The van der Waals surface area contributed by atoms with Gasteiger partial charge < -0.3 is 18.8 Å². The van der Waals surface area contributed by atoms with E-state index in [-0.39, 0.29) is 5.78 Å². The van der Waals surface area contributed by atoms with Crippen LogP contribution >= 0.6 is 0 Å². The summed E-state index contributed by atoms with van der Waals surface area (Å²) in [5.41, 5.74) is 2.69. The van der Waals surface area contributed by atoms with Gasteiger partial charge in [-0.2, -0.15) is 0 Å². The Kier molecular flexibility index (Phi) is 6.29. The molecule has 1 aromatic heterocycles. The summed E-state index contributed by atoms with van der Waals surface area (Å²) in [5, 5.41) is 0. The lowest BCUT2D eigenvalue weighted by molar-refractivity contribution is 0.0601. The summed E-state index contributed by atoms with van der Waals surface area (Å²) in [5.74, 6) is 0.511. The number of allylic oxidation sites excluding steroid dienone is 1. The number of carbonyl (C=O) groups is 2. The van der Waals surface area contributed by atoms with Crippen LogP contribution in [0.1, 0.15) is 26.5 Å². The van der Waals surface area contributed by atoms with Gasteiger partial charge in [-0.05, 0) is 42.5 Å². The number of hydrogen-bond donors (Lipinski definition) is 0. The van der Waals surface area contributed by atoms with Crippen molar-refractivity contribution >= 4 is 23.5 Å². The molecule has 0 spiro atoms. The van der Waals surface area contributed by atoms with Crippen molar-refractivity contribution in [2.45, 2.75) is 0 Å². The number of furan rings is 1. The van der Waals surface area contributed by atoms with Crippen LogP contribution in [-0.2, 0) is 9.47 Å². The molecule has 0 atom stereocenters. The van der Waals surface area contributed by atoms with Crippen LogP contribution < -0.4 is 4.90 Å². The SMILES string of the molecule is COC(=O)c1ccccc1-c1ccc(C=CC(=O)c2cccc(N3CCOCC3)c2)o1. The number of morpholine rings is 1. The van der Waals surface area contributed by atoms with E-state index in [2.05, 4.69) is 4.90 Å². The first-order chi connectivity index (χ1) is 15.2. The second-order valence-corrected chi connectivity index (χ2v) is 7.09. The molecular formula is C25H23NO5. The molecule has 1 saturated heterocycles. The number of ketones is 1. The van der Waals surface area contributed by atoms with Crippen molar-refractivity contribution in [3.05, 3.63) is 83.6 Å². The number of benzene rings is 2. The van der Waals surface area contributed by atoms with Crippen molar-refractivity contribution in [1.29, 1.82) is 0 Å². The molecule has 0 N–H and O–H groups in total. The minimum absolute atomic E-state index is 0.108. The van der Waals surface area contributed by atoms with Crippen molar-refractivity contribution in [1.82, 2.24) is 0 Å². The Morgan fingerprint density at radius 1 is 1.00 bits per heavy atom. The zero-order valence-electron chi connectivity index (χ0n) is 17.2. The lowest BCUT2D eigenvalue weighted by atomic mass is 10.1. The molecule has 6 nitrogen and oxygen atoms in total. The third-order valence-electron chi connectivity index (χ3n) is 5.13. The van der Waals surface area contributed by atoms with Gasteiger partial charge in [-0.1, -0.05) is 30.3 Å². The fraction of sp³-hybridized carbons (Fsp3) is 0.200. The molecule has 0 saturated carbocycles.